The molecule has 1 amide bonds. The lowest BCUT2D eigenvalue weighted by Gasteiger charge is -2.08. The predicted molar refractivity (Wildman–Crippen MR) is 107 cm³/mol. The van der Waals surface area contributed by atoms with Crippen molar-refractivity contribution in [3.63, 3.8) is 0 Å². The second-order valence-electron chi connectivity index (χ2n) is 6.29. The summed E-state index contributed by atoms with van der Waals surface area (Å²) in [6.07, 6.45) is 5.96. The van der Waals surface area contributed by atoms with Crippen molar-refractivity contribution in [2.75, 3.05) is 13.7 Å². The van der Waals surface area contributed by atoms with E-state index in [-0.39, 0.29) is 5.91 Å². The van der Waals surface area contributed by atoms with Gasteiger partial charge in [-0.15, -0.1) is 0 Å². The highest BCUT2D eigenvalue weighted by molar-refractivity contribution is 5.94. The lowest BCUT2D eigenvalue weighted by Crippen LogP contribution is -2.27. The van der Waals surface area contributed by atoms with E-state index in [9.17, 15) is 4.79 Å². The number of para-hydroxylation sites is 1. The summed E-state index contributed by atoms with van der Waals surface area (Å²) in [5, 5.41) is 2.97. The minimum absolute atomic E-state index is 0.212. The van der Waals surface area contributed by atoms with E-state index < -0.39 is 0 Å². The molecule has 140 valence electrons. The number of rotatable bonds is 6. The number of nitrogens with zero attached hydrogens (tertiary/aromatic N) is 3. The first-order chi connectivity index (χ1) is 13.8. The highest BCUT2D eigenvalue weighted by atomic mass is 16.5. The Morgan fingerprint density at radius 3 is 2.68 bits per heavy atom. The number of nitrogens with one attached hydrogen (secondary N) is 1. The fraction of sp³-hybridized carbons (Fsp3) is 0.136. The zero-order valence-corrected chi connectivity index (χ0v) is 15.5. The molecule has 28 heavy (non-hydrogen) atoms. The van der Waals surface area contributed by atoms with Crippen molar-refractivity contribution < 1.29 is 9.53 Å². The van der Waals surface area contributed by atoms with E-state index in [0.29, 0.717) is 18.8 Å². The Labute approximate surface area is 162 Å². The number of ether oxygens (including phenoxy) is 1. The van der Waals surface area contributed by atoms with Crippen LogP contribution in [0.5, 0.6) is 5.75 Å². The Bertz CT molecular complexity index is 1110. The van der Waals surface area contributed by atoms with Crippen molar-refractivity contribution in [1.29, 1.82) is 0 Å². The maximum absolute atomic E-state index is 12.8. The number of carbonyl (C=O) groups is 1. The van der Waals surface area contributed by atoms with E-state index >= 15 is 0 Å². The fourth-order valence-corrected chi connectivity index (χ4v) is 3.22. The van der Waals surface area contributed by atoms with Crippen LogP contribution in [-0.2, 0) is 6.42 Å². The van der Waals surface area contributed by atoms with Crippen molar-refractivity contribution in [3.8, 4) is 17.0 Å². The highest BCUT2D eigenvalue weighted by Crippen LogP contribution is 2.24. The molecule has 0 radical (unpaired) electrons. The van der Waals surface area contributed by atoms with Gasteiger partial charge in [-0.25, -0.2) is 4.98 Å². The number of amides is 1. The van der Waals surface area contributed by atoms with Gasteiger partial charge in [-0.05, 0) is 42.3 Å². The van der Waals surface area contributed by atoms with Gasteiger partial charge in [0.1, 0.15) is 5.75 Å². The van der Waals surface area contributed by atoms with Crippen molar-refractivity contribution in [2.24, 2.45) is 0 Å². The second kappa shape index (κ2) is 7.92. The summed E-state index contributed by atoms with van der Waals surface area (Å²) in [5.74, 6) is 0.974. The number of hydrogen-bond donors (Lipinski definition) is 1. The fourth-order valence-electron chi connectivity index (χ4n) is 3.22. The van der Waals surface area contributed by atoms with Crippen LogP contribution in [0.3, 0.4) is 0 Å². The summed E-state index contributed by atoms with van der Waals surface area (Å²) in [5.41, 5.74) is 3.61. The molecule has 3 heterocycles. The van der Waals surface area contributed by atoms with Gasteiger partial charge in [0.15, 0.2) is 0 Å². The number of benzene rings is 1. The monoisotopic (exact) mass is 372 g/mol. The first kappa shape index (κ1) is 17.7. The molecule has 0 unspecified atom stereocenters. The normalized spacial score (nSPS) is 10.8. The molecule has 6 nitrogen and oxygen atoms in total. The van der Waals surface area contributed by atoms with E-state index in [1.165, 1.54) is 0 Å². The largest absolute Gasteiger partial charge is 0.496 e. The SMILES string of the molecule is COc1ccccc1CCNC(=O)c1nc(-c2ccncc2)c2ccccn12. The van der Waals surface area contributed by atoms with E-state index in [0.717, 1.165) is 28.1 Å². The Morgan fingerprint density at radius 2 is 1.86 bits per heavy atom. The van der Waals surface area contributed by atoms with E-state index in [1.807, 2.05) is 65.2 Å². The minimum atomic E-state index is -0.212. The summed E-state index contributed by atoms with van der Waals surface area (Å²) >= 11 is 0. The summed E-state index contributed by atoms with van der Waals surface area (Å²) in [6, 6.07) is 17.4. The number of aromatic nitrogens is 3. The lowest BCUT2D eigenvalue weighted by atomic mass is 10.1. The van der Waals surface area contributed by atoms with Crippen LogP contribution < -0.4 is 10.1 Å². The molecule has 3 aromatic heterocycles. The van der Waals surface area contributed by atoms with E-state index in [1.54, 1.807) is 19.5 Å². The lowest BCUT2D eigenvalue weighted by molar-refractivity contribution is 0.0943. The molecule has 0 saturated carbocycles. The van der Waals surface area contributed by atoms with Crippen LogP contribution in [0.2, 0.25) is 0 Å². The third-order valence-corrected chi connectivity index (χ3v) is 4.58. The Kier molecular flexibility index (Phi) is 5.01. The van der Waals surface area contributed by atoms with Gasteiger partial charge in [0.05, 0.1) is 18.3 Å². The van der Waals surface area contributed by atoms with Gasteiger partial charge in [0.25, 0.3) is 5.91 Å². The molecule has 0 aliphatic heterocycles. The van der Waals surface area contributed by atoms with Crippen LogP contribution >= 0.6 is 0 Å². The number of hydrogen-bond acceptors (Lipinski definition) is 4. The molecule has 0 spiro atoms. The zero-order chi connectivity index (χ0) is 19.3. The van der Waals surface area contributed by atoms with Gasteiger partial charge in [-0.3, -0.25) is 14.2 Å². The third kappa shape index (κ3) is 3.44. The predicted octanol–water partition coefficient (Wildman–Crippen LogP) is 3.38. The van der Waals surface area contributed by atoms with Gasteiger partial charge >= 0.3 is 0 Å². The first-order valence-corrected chi connectivity index (χ1v) is 9.05. The molecular weight excluding hydrogens is 352 g/mol. The van der Waals surface area contributed by atoms with Gasteiger partial charge in [0.2, 0.25) is 5.82 Å². The third-order valence-electron chi connectivity index (χ3n) is 4.58. The molecule has 6 heteroatoms. The van der Waals surface area contributed by atoms with Crippen LogP contribution in [0.25, 0.3) is 16.8 Å². The average Bonchev–Trinajstić information content (AvgIpc) is 3.14. The highest BCUT2D eigenvalue weighted by Gasteiger charge is 2.18. The summed E-state index contributed by atoms with van der Waals surface area (Å²) in [6.45, 7) is 0.492. The molecule has 0 fully saturated rings. The van der Waals surface area contributed by atoms with E-state index in [2.05, 4.69) is 15.3 Å². The molecule has 0 atom stereocenters. The molecule has 4 rings (SSSR count). The second-order valence-corrected chi connectivity index (χ2v) is 6.29. The van der Waals surface area contributed by atoms with Crippen LogP contribution in [0.15, 0.2) is 73.2 Å². The molecule has 1 aromatic carbocycles. The maximum Gasteiger partial charge on any atom is 0.287 e. The first-order valence-electron chi connectivity index (χ1n) is 9.05. The minimum Gasteiger partial charge on any atom is -0.496 e. The summed E-state index contributed by atoms with van der Waals surface area (Å²) < 4.78 is 7.18. The number of fused-ring (bicyclic) bond motifs is 1. The topological polar surface area (TPSA) is 68.5 Å². The molecule has 1 N–H and O–H groups in total. The van der Waals surface area contributed by atoms with Gasteiger partial charge in [-0.1, -0.05) is 24.3 Å². The van der Waals surface area contributed by atoms with E-state index in [4.69, 9.17) is 4.74 Å². The number of methoxy groups -OCH3 is 1. The Morgan fingerprint density at radius 1 is 1.07 bits per heavy atom. The molecule has 4 aromatic rings. The zero-order valence-electron chi connectivity index (χ0n) is 15.5. The number of carbonyl (C=O) groups excluding carboxylic acids is 1. The molecule has 0 aliphatic carbocycles. The molecular formula is C22H20N4O2. The number of pyridine rings is 2. The van der Waals surface area contributed by atoms with Crippen LogP contribution in [-0.4, -0.2) is 33.9 Å². The van der Waals surface area contributed by atoms with Crippen LogP contribution in [0, 0.1) is 0 Å². The summed E-state index contributed by atoms with van der Waals surface area (Å²) in [4.78, 5) is 21.5. The Balaban J connectivity index is 1.56. The number of imidazole rings is 1. The average molecular weight is 372 g/mol. The molecule has 0 aliphatic rings. The smallest absolute Gasteiger partial charge is 0.287 e. The summed E-state index contributed by atoms with van der Waals surface area (Å²) in [7, 11) is 1.65. The maximum atomic E-state index is 12.8. The van der Waals surface area contributed by atoms with Crippen molar-refractivity contribution in [1.82, 2.24) is 19.7 Å². The van der Waals surface area contributed by atoms with Crippen molar-refractivity contribution in [3.05, 3.63) is 84.6 Å². The van der Waals surface area contributed by atoms with Gasteiger partial charge < -0.3 is 10.1 Å². The van der Waals surface area contributed by atoms with Crippen molar-refractivity contribution >= 4 is 11.4 Å². The Hall–Kier alpha value is -3.67. The molecule has 0 saturated heterocycles. The van der Waals surface area contributed by atoms with Crippen molar-refractivity contribution in [2.45, 2.75) is 6.42 Å². The van der Waals surface area contributed by atoms with Crippen LogP contribution in [0.1, 0.15) is 16.2 Å². The van der Waals surface area contributed by atoms with Gasteiger partial charge in [-0.2, -0.15) is 0 Å². The van der Waals surface area contributed by atoms with Crippen LogP contribution in [0.4, 0.5) is 0 Å². The quantitative estimate of drug-likeness (QED) is 0.563. The standard InChI is InChI=1S/C22H20N4O2/c1-28-19-8-3-2-6-16(19)11-14-24-22(27)21-25-20(17-9-12-23-13-10-17)18-7-4-5-15-26(18)21/h2-10,12-13,15H,11,14H2,1H3,(H,24,27). The van der Waals surface area contributed by atoms with Gasteiger partial charge in [0, 0.05) is 30.7 Å². The molecule has 0 bridgehead atoms.